The zero-order valence-corrected chi connectivity index (χ0v) is 15.9. The van der Waals surface area contributed by atoms with Gasteiger partial charge in [0.15, 0.2) is 0 Å². The molecule has 3 aromatic rings. The quantitative estimate of drug-likeness (QED) is 0.673. The van der Waals surface area contributed by atoms with E-state index in [0.29, 0.717) is 24.2 Å². The molecule has 1 aliphatic rings. The first kappa shape index (κ1) is 19.1. The zero-order valence-electron chi connectivity index (χ0n) is 15.9. The Kier molecular flexibility index (Phi) is 5.57. The van der Waals surface area contributed by atoms with E-state index >= 15 is 0 Å². The second-order valence-electron chi connectivity index (χ2n) is 7.11. The molecule has 4 rings (SSSR count). The van der Waals surface area contributed by atoms with Crippen LogP contribution >= 0.6 is 0 Å². The average molecular weight is 395 g/mol. The lowest BCUT2D eigenvalue weighted by atomic mass is 10.2. The highest BCUT2D eigenvalue weighted by atomic mass is 19.1. The van der Waals surface area contributed by atoms with Crippen molar-refractivity contribution in [2.45, 2.75) is 6.42 Å². The summed E-state index contributed by atoms with van der Waals surface area (Å²) in [5.41, 5.74) is 1.80. The number of benzene rings is 2. The van der Waals surface area contributed by atoms with Crippen molar-refractivity contribution in [3.8, 4) is 0 Å². The van der Waals surface area contributed by atoms with Crippen LogP contribution in [0.15, 0.2) is 63.8 Å². The Labute approximate surface area is 167 Å². The highest BCUT2D eigenvalue weighted by Gasteiger charge is 2.18. The predicted molar refractivity (Wildman–Crippen MR) is 111 cm³/mol. The van der Waals surface area contributed by atoms with Crippen molar-refractivity contribution in [2.75, 3.05) is 42.9 Å². The van der Waals surface area contributed by atoms with Crippen molar-refractivity contribution in [1.29, 1.82) is 0 Å². The van der Waals surface area contributed by atoms with Gasteiger partial charge in [0.05, 0.1) is 0 Å². The molecule has 2 aromatic carbocycles. The van der Waals surface area contributed by atoms with Crippen molar-refractivity contribution in [3.63, 3.8) is 0 Å². The number of nitrogens with one attached hydrogen (secondary N) is 1. The van der Waals surface area contributed by atoms with E-state index in [1.54, 1.807) is 36.4 Å². The van der Waals surface area contributed by atoms with Crippen LogP contribution in [0.5, 0.6) is 0 Å². The van der Waals surface area contributed by atoms with Crippen LogP contribution in [0.25, 0.3) is 11.0 Å². The van der Waals surface area contributed by atoms with Crippen LogP contribution < -0.4 is 15.8 Å². The maximum absolute atomic E-state index is 13.1. The minimum Gasteiger partial charge on any atom is -0.423 e. The first-order valence-corrected chi connectivity index (χ1v) is 9.63. The number of carbonyl (C=O) groups is 1. The SMILES string of the molecule is O=C(CCN1CCN(c2ccc(F)cc2)CC1)Nc1ccc2oc(=O)ccc2c1. The molecule has 0 bridgehead atoms. The Bertz CT molecular complexity index is 1060. The van der Waals surface area contributed by atoms with Crippen LogP contribution in [-0.4, -0.2) is 43.5 Å². The maximum Gasteiger partial charge on any atom is 0.336 e. The fourth-order valence-corrected chi connectivity index (χ4v) is 3.51. The van der Waals surface area contributed by atoms with Gasteiger partial charge < -0.3 is 14.6 Å². The summed E-state index contributed by atoms with van der Waals surface area (Å²) < 4.78 is 18.2. The third-order valence-corrected chi connectivity index (χ3v) is 5.12. The Morgan fingerprint density at radius 3 is 2.52 bits per heavy atom. The molecule has 1 saturated heterocycles. The molecule has 0 unspecified atom stereocenters. The van der Waals surface area contributed by atoms with Crippen LogP contribution in [0.4, 0.5) is 15.8 Å². The molecule has 0 atom stereocenters. The molecular weight excluding hydrogens is 373 g/mol. The van der Waals surface area contributed by atoms with Gasteiger partial charge in [-0.25, -0.2) is 9.18 Å². The molecule has 1 fully saturated rings. The molecule has 0 radical (unpaired) electrons. The number of fused-ring (bicyclic) bond motifs is 1. The van der Waals surface area contributed by atoms with Gasteiger partial charge in [-0.3, -0.25) is 9.69 Å². The van der Waals surface area contributed by atoms with Gasteiger partial charge in [0.2, 0.25) is 5.91 Å². The standard InChI is InChI=1S/C22H22FN3O3/c23-17-2-5-19(6-3-17)26-13-11-25(12-14-26)10-9-21(27)24-18-4-7-20-16(15-18)1-8-22(28)29-20/h1-8,15H,9-14H2,(H,24,27). The Balaban J connectivity index is 1.25. The minimum atomic E-state index is -0.395. The first-order chi connectivity index (χ1) is 14.1. The van der Waals surface area contributed by atoms with Crippen molar-refractivity contribution in [1.82, 2.24) is 4.90 Å². The smallest absolute Gasteiger partial charge is 0.336 e. The van der Waals surface area contributed by atoms with E-state index in [0.717, 1.165) is 37.3 Å². The monoisotopic (exact) mass is 395 g/mol. The lowest BCUT2D eigenvalue weighted by Gasteiger charge is -2.36. The molecule has 0 saturated carbocycles. The minimum absolute atomic E-state index is 0.0531. The number of rotatable bonds is 5. The second-order valence-corrected chi connectivity index (χ2v) is 7.11. The van der Waals surface area contributed by atoms with E-state index in [1.165, 1.54) is 18.2 Å². The van der Waals surface area contributed by atoms with Crippen LogP contribution in [0.3, 0.4) is 0 Å². The summed E-state index contributed by atoms with van der Waals surface area (Å²) in [5.74, 6) is -0.281. The number of piperazine rings is 1. The Hall–Kier alpha value is -3.19. The van der Waals surface area contributed by atoms with E-state index < -0.39 is 5.63 Å². The first-order valence-electron chi connectivity index (χ1n) is 9.63. The molecule has 1 aromatic heterocycles. The van der Waals surface area contributed by atoms with E-state index in [4.69, 9.17) is 4.42 Å². The Morgan fingerprint density at radius 2 is 1.76 bits per heavy atom. The van der Waals surface area contributed by atoms with Crippen molar-refractivity contribution >= 4 is 28.3 Å². The number of halogens is 1. The number of anilines is 2. The number of amides is 1. The second kappa shape index (κ2) is 8.45. The van der Waals surface area contributed by atoms with Crippen molar-refractivity contribution < 1.29 is 13.6 Å². The summed E-state index contributed by atoms with van der Waals surface area (Å²) in [6.45, 7) is 4.11. The third kappa shape index (κ3) is 4.81. The normalized spacial score (nSPS) is 14.9. The van der Waals surface area contributed by atoms with E-state index in [-0.39, 0.29) is 11.7 Å². The molecule has 1 N–H and O–H groups in total. The van der Waals surface area contributed by atoms with Crippen LogP contribution in [0.2, 0.25) is 0 Å². The summed E-state index contributed by atoms with van der Waals surface area (Å²) in [6.07, 6.45) is 0.401. The molecule has 1 amide bonds. The van der Waals surface area contributed by atoms with Crippen molar-refractivity contribution in [3.05, 3.63) is 70.8 Å². The predicted octanol–water partition coefficient (Wildman–Crippen LogP) is 3.08. The van der Waals surface area contributed by atoms with Gasteiger partial charge >= 0.3 is 5.63 Å². The topological polar surface area (TPSA) is 65.8 Å². The summed E-state index contributed by atoms with van der Waals surface area (Å²) in [5, 5.41) is 3.66. The van der Waals surface area contributed by atoms with Gasteiger partial charge in [-0.2, -0.15) is 0 Å². The molecular formula is C22H22FN3O3. The van der Waals surface area contributed by atoms with Gasteiger partial charge in [-0.15, -0.1) is 0 Å². The lowest BCUT2D eigenvalue weighted by Crippen LogP contribution is -2.47. The molecule has 7 heteroatoms. The van der Waals surface area contributed by atoms with E-state index in [2.05, 4.69) is 15.1 Å². The summed E-state index contributed by atoms with van der Waals surface area (Å²) in [4.78, 5) is 28.0. The number of hydrogen-bond donors (Lipinski definition) is 1. The van der Waals surface area contributed by atoms with Crippen LogP contribution in [0.1, 0.15) is 6.42 Å². The molecule has 2 heterocycles. The summed E-state index contributed by atoms with van der Waals surface area (Å²) >= 11 is 0. The van der Waals surface area contributed by atoms with E-state index in [1.807, 2.05) is 0 Å². The fourth-order valence-electron chi connectivity index (χ4n) is 3.51. The molecule has 29 heavy (non-hydrogen) atoms. The van der Waals surface area contributed by atoms with Gasteiger partial charge in [-0.05, 0) is 48.5 Å². The van der Waals surface area contributed by atoms with Gasteiger partial charge in [0, 0.05) is 62.0 Å². The van der Waals surface area contributed by atoms with E-state index in [9.17, 15) is 14.0 Å². The summed E-state index contributed by atoms with van der Waals surface area (Å²) in [6, 6.07) is 14.8. The van der Waals surface area contributed by atoms with Gasteiger partial charge in [-0.1, -0.05) is 0 Å². The molecule has 1 aliphatic heterocycles. The van der Waals surface area contributed by atoms with Gasteiger partial charge in [0.25, 0.3) is 0 Å². The highest BCUT2D eigenvalue weighted by molar-refractivity contribution is 5.93. The summed E-state index contributed by atoms with van der Waals surface area (Å²) in [7, 11) is 0. The van der Waals surface area contributed by atoms with Crippen molar-refractivity contribution in [2.24, 2.45) is 0 Å². The lowest BCUT2D eigenvalue weighted by molar-refractivity contribution is -0.116. The maximum atomic E-state index is 13.1. The largest absolute Gasteiger partial charge is 0.423 e. The number of hydrogen-bond acceptors (Lipinski definition) is 5. The Morgan fingerprint density at radius 1 is 1.00 bits per heavy atom. The number of carbonyl (C=O) groups excluding carboxylic acids is 1. The molecule has 0 aliphatic carbocycles. The fraction of sp³-hybridized carbons (Fsp3) is 0.273. The highest BCUT2D eigenvalue weighted by Crippen LogP contribution is 2.19. The zero-order chi connectivity index (χ0) is 20.2. The van der Waals surface area contributed by atoms with Gasteiger partial charge in [0.1, 0.15) is 11.4 Å². The van der Waals surface area contributed by atoms with Crippen LogP contribution in [-0.2, 0) is 4.79 Å². The molecule has 0 spiro atoms. The third-order valence-electron chi connectivity index (χ3n) is 5.12. The number of nitrogens with zero attached hydrogens (tertiary/aromatic N) is 2. The van der Waals surface area contributed by atoms with Crippen LogP contribution in [0, 0.1) is 5.82 Å². The molecule has 150 valence electrons. The molecule has 6 nitrogen and oxygen atoms in total. The average Bonchev–Trinajstić information content (AvgIpc) is 2.73.